The van der Waals surface area contributed by atoms with E-state index in [1.165, 1.54) is 12.1 Å². The molecule has 1 fully saturated rings. The van der Waals surface area contributed by atoms with Gasteiger partial charge in [-0.15, -0.1) is 0 Å². The van der Waals surface area contributed by atoms with E-state index in [1.807, 2.05) is 0 Å². The molecule has 104 valence electrons. The van der Waals surface area contributed by atoms with Crippen LogP contribution in [0.2, 0.25) is 0 Å². The van der Waals surface area contributed by atoms with E-state index in [0.717, 1.165) is 25.2 Å². The summed E-state index contributed by atoms with van der Waals surface area (Å²) in [7, 11) is 0. The first-order chi connectivity index (χ1) is 8.79. The Balaban J connectivity index is 2.16. The monoisotopic (exact) mass is 265 g/mol. The van der Waals surface area contributed by atoms with E-state index in [9.17, 15) is 9.18 Å². The lowest BCUT2D eigenvalue weighted by atomic mass is 9.80. The first kappa shape index (κ1) is 13.8. The summed E-state index contributed by atoms with van der Waals surface area (Å²) < 4.78 is 13.7. The van der Waals surface area contributed by atoms with E-state index >= 15 is 0 Å². The van der Waals surface area contributed by atoms with Crippen LogP contribution in [0.1, 0.15) is 37.6 Å². The quantitative estimate of drug-likeness (QED) is 0.891. The van der Waals surface area contributed by atoms with Crippen molar-refractivity contribution >= 4 is 11.7 Å². The van der Waals surface area contributed by atoms with Crippen LogP contribution in [0.4, 0.5) is 10.1 Å². The molecule has 1 aliphatic rings. The van der Waals surface area contributed by atoms with Gasteiger partial charge in [-0.2, -0.15) is 0 Å². The molecule has 0 aliphatic carbocycles. The Hall–Kier alpha value is -1.58. The van der Waals surface area contributed by atoms with Gasteiger partial charge in [-0.05, 0) is 36.0 Å². The molecule has 1 aliphatic heterocycles. The minimum atomic E-state index is -1.22. The summed E-state index contributed by atoms with van der Waals surface area (Å²) in [4.78, 5) is 12.9. The lowest BCUT2D eigenvalue weighted by Gasteiger charge is -2.27. The third kappa shape index (κ3) is 2.88. The van der Waals surface area contributed by atoms with E-state index in [2.05, 4.69) is 25.7 Å². The van der Waals surface area contributed by atoms with Crippen molar-refractivity contribution < 1.29 is 14.3 Å². The molecule has 3 nitrogen and oxygen atoms in total. The van der Waals surface area contributed by atoms with Gasteiger partial charge in [0.2, 0.25) is 0 Å². The number of carbonyl (C=O) groups is 1. The third-order valence-corrected chi connectivity index (χ3v) is 3.96. The summed E-state index contributed by atoms with van der Waals surface area (Å²) in [6.45, 7) is 8.45. The van der Waals surface area contributed by atoms with Gasteiger partial charge >= 0.3 is 5.97 Å². The van der Waals surface area contributed by atoms with Gasteiger partial charge in [-0.3, -0.25) is 0 Å². The maximum absolute atomic E-state index is 13.7. The number of halogens is 1. The highest BCUT2D eigenvalue weighted by Gasteiger charge is 2.32. The first-order valence-corrected chi connectivity index (χ1v) is 6.57. The fourth-order valence-corrected chi connectivity index (χ4v) is 2.58. The number of benzene rings is 1. The summed E-state index contributed by atoms with van der Waals surface area (Å²) in [6.07, 6.45) is 1.09. The van der Waals surface area contributed by atoms with E-state index < -0.39 is 11.8 Å². The second-order valence-corrected chi connectivity index (χ2v) is 6.27. The molecule has 0 bridgehead atoms. The molecule has 0 spiro atoms. The average Bonchev–Trinajstić information content (AvgIpc) is 2.76. The molecule has 19 heavy (non-hydrogen) atoms. The Bertz CT molecular complexity index is 493. The molecule has 1 saturated heterocycles. The van der Waals surface area contributed by atoms with Gasteiger partial charge in [0.05, 0.1) is 5.56 Å². The predicted molar refractivity (Wildman–Crippen MR) is 73.1 cm³/mol. The van der Waals surface area contributed by atoms with E-state index in [1.54, 1.807) is 6.07 Å². The van der Waals surface area contributed by atoms with Crippen molar-refractivity contribution in [2.24, 2.45) is 11.3 Å². The number of rotatable bonds is 2. The van der Waals surface area contributed by atoms with Gasteiger partial charge < -0.3 is 10.0 Å². The normalized spacial score (nSPS) is 19.8. The van der Waals surface area contributed by atoms with Crippen LogP contribution in [0.5, 0.6) is 0 Å². The molecule has 1 aromatic rings. The summed E-state index contributed by atoms with van der Waals surface area (Å²) in [5.41, 5.74) is 0.749. The number of carboxylic acid groups (broad SMARTS) is 1. The molecule has 0 aromatic heterocycles. The van der Waals surface area contributed by atoms with Gasteiger partial charge in [-0.25, -0.2) is 9.18 Å². The van der Waals surface area contributed by atoms with Crippen molar-refractivity contribution in [3.05, 3.63) is 29.6 Å². The number of carboxylic acids is 1. The highest BCUT2D eigenvalue weighted by atomic mass is 19.1. The lowest BCUT2D eigenvalue weighted by molar-refractivity contribution is 0.0692. The number of nitrogens with zero attached hydrogens (tertiary/aromatic N) is 1. The van der Waals surface area contributed by atoms with Crippen molar-refractivity contribution in [1.82, 2.24) is 0 Å². The Labute approximate surface area is 113 Å². The second-order valence-electron chi connectivity index (χ2n) is 6.27. The zero-order valence-corrected chi connectivity index (χ0v) is 11.6. The predicted octanol–water partition coefficient (Wildman–Crippen LogP) is 3.40. The van der Waals surface area contributed by atoms with Gasteiger partial charge in [0, 0.05) is 18.8 Å². The fraction of sp³-hybridized carbons (Fsp3) is 0.533. The molecular weight excluding hydrogens is 245 g/mol. The van der Waals surface area contributed by atoms with Crippen LogP contribution in [0.25, 0.3) is 0 Å². The fourth-order valence-electron chi connectivity index (χ4n) is 2.58. The SMILES string of the molecule is CC(C)(C)C1CCN(c2ccc(C(=O)O)c(F)c2)C1. The van der Waals surface area contributed by atoms with Crippen molar-refractivity contribution in [3.63, 3.8) is 0 Å². The summed E-state index contributed by atoms with van der Waals surface area (Å²) >= 11 is 0. The topological polar surface area (TPSA) is 40.5 Å². The zero-order valence-electron chi connectivity index (χ0n) is 11.6. The molecule has 0 amide bonds. The Morgan fingerprint density at radius 2 is 2.11 bits per heavy atom. The number of hydrogen-bond donors (Lipinski definition) is 1. The molecule has 4 heteroatoms. The van der Waals surface area contributed by atoms with Gasteiger partial charge in [-0.1, -0.05) is 20.8 Å². The van der Waals surface area contributed by atoms with Crippen LogP contribution < -0.4 is 4.90 Å². The van der Waals surface area contributed by atoms with E-state index in [4.69, 9.17) is 5.11 Å². The van der Waals surface area contributed by atoms with E-state index in [0.29, 0.717) is 5.92 Å². The van der Waals surface area contributed by atoms with Crippen LogP contribution in [-0.4, -0.2) is 24.2 Å². The standard InChI is InChI=1S/C15H20FNO2/c1-15(2,3)10-6-7-17(9-10)11-4-5-12(14(18)19)13(16)8-11/h4-5,8,10H,6-7,9H2,1-3H3,(H,18,19). The Morgan fingerprint density at radius 1 is 1.42 bits per heavy atom. The molecule has 1 unspecified atom stereocenters. The minimum Gasteiger partial charge on any atom is -0.478 e. The molecule has 1 N–H and O–H groups in total. The molecule has 0 radical (unpaired) electrons. The Morgan fingerprint density at radius 3 is 2.58 bits per heavy atom. The van der Waals surface area contributed by atoms with Crippen LogP contribution in [0, 0.1) is 17.2 Å². The van der Waals surface area contributed by atoms with Gasteiger partial charge in [0.25, 0.3) is 0 Å². The van der Waals surface area contributed by atoms with Crippen molar-refractivity contribution in [2.75, 3.05) is 18.0 Å². The summed E-state index contributed by atoms with van der Waals surface area (Å²) in [5, 5.41) is 8.82. The summed E-state index contributed by atoms with van der Waals surface area (Å²) in [5.74, 6) is -1.31. The zero-order chi connectivity index (χ0) is 14.2. The molecule has 1 aromatic carbocycles. The lowest BCUT2D eigenvalue weighted by Crippen LogP contribution is -2.25. The average molecular weight is 265 g/mol. The Kier molecular flexibility index (Phi) is 3.52. The highest BCUT2D eigenvalue weighted by molar-refractivity contribution is 5.88. The smallest absolute Gasteiger partial charge is 0.338 e. The third-order valence-electron chi connectivity index (χ3n) is 3.96. The maximum Gasteiger partial charge on any atom is 0.338 e. The van der Waals surface area contributed by atoms with Crippen LogP contribution in [0.15, 0.2) is 18.2 Å². The molecular formula is C15H20FNO2. The van der Waals surface area contributed by atoms with Crippen LogP contribution >= 0.6 is 0 Å². The van der Waals surface area contributed by atoms with Crippen LogP contribution in [-0.2, 0) is 0 Å². The molecule has 2 rings (SSSR count). The molecule has 1 heterocycles. The summed E-state index contributed by atoms with van der Waals surface area (Å²) in [6, 6.07) is 4.36. The number of aromatic carboxylic acids is 1. The van der Waals surface area contributed by atoms with Crippen molar-refractivity contribution in [1.29, 1.82) is 0 Å². The maximum atomic E-state index is 13.7. The van der Waals surface area contributed by atoms with Gasteiger partial charge in [0.1, 0.15) is 5.82 Å². The minimum absolute atomic E-state index is 0.244. The first-order valence-electron chi connectivity index (χ1n) is 6.57. The van der Waals surface area contributed by atoms with Gasteiger partial charge in [0.15, 0.2) is 0 Å². The highest BCUT2D eigenvalue weighted by Crippen LogP contribution is 2.35. The number of hydrogen-bond acceptors (Lipinski definition) is 2. The molecule has 1 atom stereocenters. The van der Waals surface area contributed by atoms with Crippen LogP contribution in [0.3, 0.4) is 0 Å². The van der Waals surface area contributed by atoms with E-state index in [-0.39, 0.29) is 11.0 Å². The van der Waals surface area contributed by atoms with Crippen molar-refractivity contribution in [2.45, 2.75) is 27.2 Å². The second kappa shape index (κ2) is 4.83. The molecule has 0 saturated carbocycles. The number of anilines is 1. The largest absolute Gasteiger partial charge is 0.478 e. The van der Waals surface area contributed by atoms with Crippen molar-refractivity contribution in [3.8, 4) is 0 Å².